The summed E-state index contributed by atoms with van der Waals surface area (Å²) in [7, 11) is 0. The van der Waals surface area contributed by atoms with Crippen molar-refractivity contribution in [3.63, 3.8) is 0 Å². The third-order valence-electron chi connectivity index (χ3n) is 5.83. The molecule has 9 heteroatoms. The lowest BCUT2D eigenvalue weighted by Crippen LogP contribution is -2.36. The molecule has 4 rings (SSSR count). The molecule has 32 heavy (non-hydrogen) atoms. The number of carbonyl (C=O) groups is 1. The summed E-state index contributed by atoms with van der Waals surface area (Å²) < 4.78 is 15.4. The summed E-state index contributed by atoms with van der Waals surface area (Å²) in [4.78, 5) is 25.3. The van der Waals surface area contributed by atoms with Gasteiger partial charge < -0.3 is 10.6 Å². The molecule has 0 fully saturated rings. The second-order valence-corrected chi connectivity index (χ2v) is 9.35. The zero-order chi connectivity index (χ0) is 22.7. The second kappa shape index (κ2) is 9.77. The molecule has 0 aliphatic carbocycles. The number of hydrogen-bond acceptors (Lipinski definition) is 6. The smallest absolute Gasteiger partial charge is 0.244 e. The maximum Gasteiger partial charge on any atom is 0.244 e. The average molecular weight is 457 g/mol. The third-order valence-corrected chi connectivity index (χ3v) is 6.81. The largest absolute Gasteiger partial charge is 0.375 e. The monoisotopic (exact) mass is 456 g/mol. The van der Waals surface area contributed by atoms with E-state index in [9.17, 15) is 9.18 Å². The van der Waals surface area contributed by atoms with Gasteiger partial charge in [-0.3, -0.25) is 4.79 Å². The number of nitrogens with two attached hydrogens (primary N) is 1. The molecular weight excluding hydrogens is 427 g/mol. The van der Waals surface area contributed by atoms with E-state index in [-0.39, 0.29) is 18.3 Å². The number of nitrogens with zero attached hydrogens (tertiary/aromatic N) is 5. The van der Waals surface area contributed by atoms with Crippen molar-refractivity contribution >= 4 is 22.4 Å². The molecule has 1 aliphatic heterocycles. The molecule has 0 spiro atoms. The van der Waals surface area contributed by atoms with E-state index in [4.69, 9.17) is 10.7 Å². The van der Waals surface area contributed by atoms with Crippen LogP contribution in [0.25, 0.3) is 11.4 Å². The van der Waals surface area contributed by atoms with E-state index in [1.165, 1.54) is 22.3 Å². The van der Waals surface area contributed by atoms with Gasteiger partial charge in [-0.25, -0.2) is 19.0 Å². The number of hydrogen-bond donors (Lipinski definition) is 1. The first-order chi connectivity index (χ1) is 15.4. The molecule has 0 atom stereocenters. The molecule has 1 aromatic carbocycles. The van der Waals surface area contributed by atoms with Crippen LogP contribution in [0.2, 0.25) is 0 Å². The van der Waals surface area contributed by atoms with E-state index < -0.39 is 0 Å². The Kier molecular flexibility index (Phi) is 6.83. The lowest BCUT2D eigenvalue weighted by atomic mass is 10.1. The van der Waals surface area contributed by atoms with Crippen LogP contribution in [-0.4, -0.2) is 43.6 Å². The Morgan fingerprint density at radius 1 is 1.22 bits per heavy atom. The number of nitrogen functional groups attached to an aromatic ring is 1. The van der Waals surface area contributed by atoms with E-state index in [0.29, 0.717) is 29.6 Å². The number of benzene rings is 1. The van der Waals surface area contributed by atoms with Gasteiger partial charge in [0.25, 0.3) is 0 Å². The lowest BCUT2D eigenvalue weighted by Gasteiger charge is -2.20. The van der Waals surface area contributed by atoms with E-state index in [1.54, 1.807) is 23.7 Å². The Morgan fingerprint density at radius 2 is 2.03 bits per heavy atom. The number of rotatable bonds is 7. The molecule has 2 N–H and O–H groups in total. The van der Waals surface area contributed by atoms with E-state index in [1.807, 2.05) is 4.90 Å². The number of fused-ring (bicyclic) bond motifs is 1. The quantitative estimate of drug-likeness (QED) is 0.546. The number of anilines is 1. The van der Waals surface area contributed by atoms with Gasteiger partial charge in [0.2, 0.25) is 5.91 Å². The van der Waals surface area contributed by atoms with Crippen LogP contribution in [-0.2, 0) is 30.6 Å². The van der Waals surface area contributed by atoms with Crippen molar-refractivity contribution in [3.8, 4) is 11.4 Å². The Bertz CT molecular complexity index is 1080. The van der Waals surface area contributed by atoms with Crippen molar-refractivity contribution in [3.05, 3.63) is 46.0 Å². The van der Waals surface area contributed by atoms with Crippen LogP contribution in [0.3, 0.4) is 0 Å². The highest BCUT2D eigenvalue weighted by Gasteiger charge is 2.23. The topological polar surface area (TPSA) is 89.9 Å². The van der Waals surface area contributed by atoms with Crippen molar-refractivity contribution in [1.29, 1.82) is 0 Å². The number of thiazole rings is 1. The predicted molar refractivity (Wildman–Crippen MR) is 124 cm³/mol. The van der Waals surface area contributed by atoms with Gasteiger partial charge in [0, 0.05) is 42.8 Å². The standard InChI is InChI=1S/C23H29FN6OS/c1-3-4-5-6-20-27-22(16-7-8-17(24)15(2)13-16)28-30(20)14-21(31)29-11-9-18-19(10-12-29)32-23(25)26-18/h7-8,13H,3-6,9-12,14H2,1-2H3,(H2,25,26). The van der Waals surface area contributed by atoms with Crippen LogP contribution in [0.15, 0.2) is 18.2 Å². The van der Waals surface area contributed by atoms with Crippen molar-refractivity contribution in [1.82, 2.24) is 24.6 Å². The lowest BCUT2D eigenvalue weighted by molar-refractivity contribution is -0.132. The minimum atomic E-state index is -0.252. The molecule has 0 unspecified atom stereocenters. The van der Waals surface area contributed by atoms with Gasteiger partial charge in [-0.1, -0.05) is 19.8 Å². The summed E-state index contributed by atoms with van der Waals surface area (Å²) in [6.07, 6.45) is 5.44. The molecule has 7 nitrogen and oxygen atoms in total. The Hall–Kier alpha value is -2.81. The molecule has 0 bridgehead atoms. The van der Waals surface area contributed by atoms with Crippen molar-refractivity contribution in [2.45, 2.75) is 58.9 Å². The number of carbonyl (C=O) groups excluding carboxylic acids is 1. The minimum Gasteiger partial charge on any atom is -0.375 e. The highest BCUT2D eigenvalue weighted by atomic mass is 32.1. The van der Waals surface area contributed by atoms with Gasteiger partial charge in [0.1, 0.15) is 18.2 Å². The Morgan fingerprint density at radius 3 is 2.81 bits per heavy atom. The first kappa shape index (κ1) is 22.4. The van der Waals surface area contributed by atoms with Gasteiger partial charge in [-0.05, 0) is 37.1 Å². The molecule has 3 heterocycles. The molecule has 0 saturated heterocycles. The maximum atomic E-state index is 13.7. The van der Waals surface area contributed by atoms with Crippen LogP contribution in [0.4, 0.5) is 9.52 Å². The number of unbranched alkanes of at least 4 members (excludes halogenated alkanes) is 2. The minimum absolute atomic E-state index is 0.0246. The van der Waals surface area contributed by atoms with Crippen molar-refractivity contribution in [2.75, 3.05) is 18.8 Å². The predicted octanol–water partition coefficient (Wildman–Crippen LogP) is 3.79. The molecule has 2 aromatic heterocycles. The van der Waals surface area contributed by atoms with E-state index in [2.05, 4.69) is 17.0 Å². The van der Waals surface area contributed by atoms with Gasteiger partial charge in [0.15, 0.2) is 11.0 Å². The van der Waals surface area contributed by atoms with Gasteiger partial charge in [-0.15, -0.1) is 11.3 Å². The molecule has 1 aliphatic rings. The molecule has 1 amide bonds. The number of aromatic nitrogens is 4. The Balaban J connectivity index is 1.51. The van der Waals surface area contributed by atoms with E-state index in [0.717, 1.165) is 55.6 Å². The third kappa shape index (κ3) is 4.98. The highest BCUT2D eigenvalue weighted by Crippen LogP contribution is 2.25. The number of amides is 1. The summed E-state index contributed by atoms with van der Waals surface area (Å²) in [5, 5.41) is 5.23. The number of aryl methyl sites for hydroxylation is 2. The Labute approximate surface area is 191 Å². The highest BCUT2D eigenvalue weighted by molar-refractivity contribution is 7.15. The van der Waals surface area contributed by atoms with Crippen LogP contribution >= 0.6 is 11.3 Å². The summed E-state index contributed by atoms with van der Waals surface area (Å²) in [5.74, 6) is 1.10. The average Bonchev–Trinajstić information content (AvgIpc) is 3.27. The summed E-state index contributed by atoms with van der Waals surface area (Å²) in [6.45, 7) is 5.30. The maximum absolute atomic E-state index is 13.7. The summed E-state index contributed by atoms with van der Waals surface area (Å²) >= 11 is 1.51. The molecule has 170 valence electrons. The van der Waals surface area contributed by atoms with Crippen LogP contribution in [0.5, 0.6) is 0 Å². The van der Waals surface area contributed by atoms with Crippen molar-refractivity contribution in [2.24, 2.45) is 0 Å². The molecular formula is C23H29FN6OS. The second-order valence-electron chi connectivity index (χ2n) is 8.23. The van der Waals surface area contributed by atoms with Crippen LogP contribution in [0, 0.1) is 12.7 Å². The first-order valence-corrected chi connectivity index (χ1v) is 12.0. The fourth-order valence-electron chi connectivity index (χ4n) is 3.99. The summed E-state index contributed by atoms with van der Waals surface area (Å²) in [5.41, 5.74) is 8.15. The van der Waals surface area contributed by atoms with Gasteiger partial charge >= 0.3 is 0 Å². The zero-order valence-corrected chi connectivity index (χ0v) is 19.4. The fraction of sp³-hybridized carbons (Fsp3) is 0.478. The molecule has 0 saturated carbocycles. The zero-order valence-electron chi connectivity index (χ0n) is 18.6. The van der Waals surface area contributed by atoms with Crippen molar-refractivity contribution < 1.29 is 9.18 Å². The fourth-order valence-corrected chi connectivity index (χ4v) is 4.85. The normalized spacial score (nSPS) is 13.8. The summed E-state index contributed by atoms with van der Waals surface area (Å²) in [6, 6.07) is 4.87. The van der Waals surface area contributed by atoms with E-state index >= 15 is 0 Å². The van der Waals surface area contributed by atoms with Crippen LogP contribution in [0.1, 0.15) is 48.1 Å². The first-order valence-electron chi connectivity index (χ1n) is 11.2. The molecule has 3 aromatic rings. The SMILES string of the molecule is CCCCCc1nc(-c2ccc(F)c(C)c2)nn1CC(=O)N1CCc2nc(N)sc2CC1. The van der Waals surface area contributed by atoms with Gasteiger partial charge in [-0.2, -0.15) is 5.10 Å². The number of halogens is 1. The van der Waals surface area contributed by atoms with Crippen LogP contribution < -0.4 is 5.73 Å². The molecule has 0 radical (unpaired) electrons. The van der Waals surface area contributed by atoms with Gasteiger partial charge in [0.05, 0.1) is 5.69 Å².